The maximum Gasteiger partial charge on any atom is 0.326 e. The molecule has 154 valence electrons. The summed E-state index contributed by atoms with van der Waals surface area (Å²) in [6, 6.07) is 9.22. The number of H-pyrrole nitrogens is 2. The highest BCUT2D eigenvalue weighted by Gasteiger charge is 2.05. The van der Waals surface area contributed by atoms with Crippen LogP contribution in [0.4, 0.5) is 5.69 Å². The third-order valence-corrected chi connectivity index (χ3v) is 4.30. The first-order chi connectivity index (χ1) is 14.5. The van der Waals surface area contributed by atoms with Crippen molar-refractivity contribution in [2.45, 2.75) is 0 Å². The number of aromatic hydroxyl groups is 1. The molecule has 4 rings (SSSR count). The summed E-state index contributed by atoms with van der Waals surface area (Å²) >= 11 is 0. The number of likely N-dealkylation sites (N-methyl/N-ethyl adjacent to an activating group) is 1. The van der Waals surface area contributed by atoms with Gasteiger partial charge in [0.2, 0.25) is 5.88 Å². The summed E-state index contributed by atoms with van der Waals surface area (Å²) in [7, 11) is 4.00. The number of nitrogens with one attached hydrogen (secondary N) is 2. The van der Waals surface area contributed by atoms with Crippen LogP contribution >= 0.6 is 0 Å². The maximum absolute atomic E-state index is 11.3. The Morgan fingerprint density at radius 2 is 2.03 bits per heavy atom. The Labute approximate surface area is 170 Å². The number of rotatable bonds is 6. The van der Waals surface area contributed by atoms with Crippen LogP contribution in [-0.4, -0.2) is 61.8 Å². The van der Waals surface area contributed by atoms with Crippen LogP contribution in [0.3, 0.4) is 0 Å². The van der Waals surface area contributed by atoms with Gasteiger partial charge in [-0.2, -0.15) is 5.10 Å². The van der Waals surface area contributed by atoms with Crippen LogP contribution in [-0.2, 0) is 0 Å². The number of aromatic amines is 2. The molecule has 3 heterocycles. The minimum atomic E-state index is -0.493. The van der Waals surface area contributed by atoms with E-state index < -0.39 is 5.69 Å². The Bertz CT molecular complexity index is 1330. The van der Waals surface area contributed by atoms with Gasteiger partial charge in [-0.25, -0.2) is 19.3 Å². The molecular weight excluding hydrogens is 386 g/mol. The van der Waals surface area contributed by atoms with Crippen LogP contribution < -0.4 is 21.1 Å². The summed E-state index contributed by atoms with van der Waals surface area (Å²) in [5.41, 5.74) is 1.55. The number of benzene rings is 1. The van der Waals surface area contributed by atoms with Gasteiger partial charge in [-0.05, 0) is 44.4 Å². The second-order valence-corrected chi connectivity index (χ2v) is 6.90. The summed E-state index contributed by atoms with van der Waals surface area (Å²) in [6.07, 6.45) is 4.93. The van der Waals surface area contributed by atoms with Gasteiger partial charge in [-0.1, -0.05) is 0 Å². The largest absolute Gasteiger partial charge is 0.493 e. The second-order valence-electron chi connectivity index (χ2n) is 6.90. The predicted octanol–water partition coefficient (Wildman–Crippen LogP) is 0.172. The molecule has 3 N–H and O–H groups in total. The molecule has 0 aliphatic carbocycles. The van der Waals surface area contributed by atoms with E-state index in [0.29, 0.717) is 23.0 Å². The third kappa shape index (κ3) is 4.39. The fourth-order valence-electron chi connectivity index (χ4n) is 2.78. The molecule has 0 unspecified atom stereocenters. The van der Waals surface area contributed by atoms with E-state index in [-0.39, 0.29) is 11.6 Å². The molecule has 0 atom stereocenters. The number of aromatic nitrogens is 5. The minimum absolute atomic E-state index is 0.243. The molecule has 10 heteroatoms. The van der Waals surface area contributed by atoms with Crippen molar-refractivity contribution in [3.63, 3.8) is 0 Å². The van der Waals surface area contributed by atoms with E-state index in [0.717, 1.165) is 18.0 Å². The molecule has 4 aromatic rings. The second kappa shape index (κ2) is 8.21. The lowest BCUT2D eigenvalue weighted by molar-refractivity contribution is 0.261. The van der Waals surface area contributed by atoms with Crippen molar-refractivity contribution in [2.24, 2.45) is 4.99 Å². The van der Waals surface area contributed by atoms with E-state index in [2.05, 4.69) is 29.9 Å². The average Bonchev–Trinajstić information content (AvgIpc) is 3.25. The first kappa shape index (κ1) is 19.4. The third-order valence-electron chi connectivity index (χ3n) is 4.30. The zero-order valence-corrected chi connectivity index (χ0v) is 16.5. The molecule has 0 saturated heterocycles. The summed E-state index contributed by atoms with van der Waals surface area (Å²) in [5, 5.41) is 14.6. The summed E-state index contributed by atoms with van der Waals surface area (Å²) < 4.78 is 7.28. The molecule has 3 aromatic heterocycles. The smallest absolute Gasteiger partial charge is 0.326 e. The zero-order chi connectivity index (χ0) is 21.1. The predicted molar refractivity (Wildman–Crippen MR) is 111 cm³/mol. The summed E-state index contributed by atoms with van der Waals surface area (Å²) in [6.45, 7) is 1.46. The zero-order valence-electron chi connectivity index (χ0n) is 16.5. The highest BCUT2D eigenvalue weighted by atomic mass is 16.5. The molecule has 0 aliphatic rings. The van der Waals surface area contributed by atoms with Crippen LogP contribution in [0.2, 0.25) is 0 Å². The van der Waals surface area contributed by atoms with Gasteiger partial charge in [-0.15, -0.1) is 0 Å². The van der Waals surface area contributed by atoms with E-state index in [1.807, 2.05) is 38.4 Å². The lowest BCUT2D eigenvalue weighted by atomic mass is 10.3. The standard InChI is InChI=1S/C20H21N7O3/c1-26(2)9-10-30-15-5-3-14(4-6-15)22-17-7-8-27-18(24-17)13(12-21-27)11-16-19(28)25-20(29)23-16/h3-8,11-12,28H,9-10H2,1-2H3,(H2,23,25,29)/b13-11-,22-17?. The van der Waals surface area contributed by atoms with Gasteiger partial charge in [0.15, 0.2) is 11.1 Å². The van der Waals surface area contributed by atoms with Crippen LogP contribution in [0.1, 0.15) is 5.69 Å². The van der Waals surface area contributed by atoms with Crippen LogP contribution in [0.5, 0.6) is 11.6 Å². The molecule has 0 aliphatic heterocycles. The molecule has 30 heavy (non-hydrogen) atoms. The van der Waals surface area contributed by atoms with Crippen LogP contribution in [0, 0.1) is 0 Å². The summed E-state index contributed by atoms with van der Waals surface area (Å²) in [4.78, 5) is 27.2. The Morgan fingerprint density at radius 1 is 1.23 bits per heavy atom. The molecular formula is C20H21N7O3. The maximum atomic E-state index is 11.3. The Kier molecular flexibility index (Phi) is 5.31. The Balaban J connectivity index is 1.62. The van der Waals surface area contributed by atoms with Crippen molar-refractivity contribution in [1.29, 1.82) is 0 Å². The summed E-state index contributed by atoms with van der Waals surface area (Å²) in [5.74, 6) is 0.542. The van der Waals surface area contributed by atoms with Crippen molar-refractivity contribution in [1.82, 2.24) is 29.5 Å². The molecule has 0 bridgehead atoms. The topological polar surface area (TPSA) is 124 Å². The van der Waals surface area contributed by atoms with Crippen molar-refractivity contribution >= 4 is 17.4 Å². The van der Waals surface area contributed by atoms with E-state index in [9.17, 15) is 9.90 Å². The van der Waals surface area contributed by atoms with Gasteiger partial charge in [0.05, 0.1) is 11.9 Å². The molecule has 1 aromatic carbocycles. The monoisotopic (exact) mass is 407 g/mol. The van der Waals surface area contributed by atoms with Gasteiger partial charge in [-0.3, -0.25) is 4.98 Å². The van der Waals surface area contributed by atoms with E-state index in [4.69, 9.17) is 4.74 Å². The van der Waals surface area contributed by atoms with Crippen molar-refractivity contribution in [2.75, 3.05) is 27.2 Å². The number of hydrogen-bond donors (Lipinski definition) is 3. The fourth-order valence-corrected chi connectivity index (χ4v) is 2.78. The first-order valence-corrected chi connectivity index (χ1v) is 9.28. The minimum Gasteiger partial charge on any atom is -0.493 e. The van der Waals surface area contributed by atoms with Crippen molar-refractivity contribution in [3.8, 4) is 11.6 Å². The lowest BCUT2D eigenvalue weighted by Crippen LogP contribution is -2.19. The van der Waals surface area contributed by atoms with E-state index >= 15 is 0 Å². The number of imidazole rings is 1. The molecule has 10 nitrogen and oxygen atoms in total. The van der Waals surface area contributed by atoms with Gasteiger partial charge in [0, 0.05) is 24.0 Å². The number of nitrogens with zero attached hydrogens (tertiary/aromatic N) is 5. The van der Waals surface area contributed by atoms with Crippen molar-refractivity contribution in [3.05, 3.63) is 69.6 Å². The SMILES string of the molecule is CN(C)CCOc1ccc(N=c2ccn3nc/c(=C/c4[nH]c(=O)[nH]c4O)c3n2)cc1. The first-order valence-electron chi connectivity index (χ1n) is 9.28. The number of ether oxygens (including phenoxy) is 1. The highest BCUT2D eigenvalue weighted by molar-refractivity contribution is 5.56. The number of fused-ring (bicyclic) bond motifs is 1. The van der Waals surface area contributed by atoms with Gasteiger partial charge in [0.1, 0.15) is 18.1 Å². The average molecular weight is 407 g/mol. The van der Waals surface area contributed by atoms with Gasteiger partial charge in [0.25, 0.3) is 0 Å². The Hall–Kier alpha value is -3.92. The Morgan fingerprint density at radius 3 is 2.73 bits per heavy atom. The quantitative estimate of drug-likeness (QED) is 0.419. The normalized spacial score (nSPS) is 12.9. The molecule has 0 amide bonds. The highest BCUT2D eigenvalue weighted by Crippen LogP contribution is 2.17. The number of hydrogen-bond acceptors (Lipinski definition) is 7. The van der Waals surface area contributed by atoms with Gasteiger partial charge >= 0.3 is 5.69 Å². The van der Waals surface area contributed by atoms with E-state index in [1.54, 1.807) is 29.1 Å². The van der Waals surface area contributed by atoms with Crippen LogP contribution in [0.15, 0.2) is 52.5 Å². The molecule has 0 fully saturated rings. The van der Waals surface area contributed by atoms with E-state index in [1.165, 1.54) is 0 Å². The molecule has 0 spiro atoms. The lowest BCUT2D eigenvalue weighted by Gasteiger charge is -2.10. The van der Waals surface area contributed by atoms with Crippen molar-refractivity contribution < 1.29 is 9.84 Å². The fraction of sp³-hybridized carbons (Fsp3) is 0.200. The van der Waals surface area contributed by atoms with Gasteiger partial charge < -0.3 is 19.7 Å². The molecule has 0 saturated carbocycles. The molecule has 0 radical (unpaired) electrons. The van der Waals surface area contributed by atoms with Crippen LogP contribution in [0.25, 0.3) is 11.7 Å².